The summed E-state index contributed by atoms with van der Waals surface area (Å²) in [4.78, 5) is 6.12. The van der Waals surface area contributed by atoms with Crippen molar-refractivity contribution in [2.75, 3.05) is 6.54 Å². The van der Waals surface area contributed by atoms with Gasteiger partial charge < -0.3 is 9.88 Å². The number of aryl methyl sites for hydroxylation is 1. The predicted octanol–water partition coefficient (Wildman–Crippen LogP) is 4.29. The number of likely N-dealkylation sites (N-methyl/N-ethyl adjacent to an activating group) is 1. The molecule has 3 nitrogen and oxygen atoms in total. The maximum absolute atomic E-state index is 4.79. The summed E-state index contributed by atoms with van der Waals surface area (Å²) in [6.45, 7) is 3.09. The highest BCUT2D eigenvalue weighted by molar-refractivity contribution is 9.10. The number of para-hydroxylation sites is 2. The summed E-state index contributed by atoms with van der Waals surface area (Å²) in [5.74, 6) is 1.11. The van der Waals surface area contributed by atoms with Gasteiger partial charge in [-0.15, -0.1) is 11.3 Å². The SMILES string of the molecule is CCNC(Cc1nc2ccccc2n1C)c1sccc1Br. The Morgan fingerprint density at radius 1 is 1.33 bits per heavy atom. The van der Waals surface area contributed by atoms with Crippen molar-refractivity contribution in [2.45, 2.75) is 19.4 Å². The standard InChI is InChI=1S/C16H18BrN3S/c1-3-18-13(16-11(17)8-9-21-16)10-15-19-12-6-4-5-7-14(12)20(15)2/h4-9,13,18H,3,10H2,1-2H3. The summed E-state index contributed by atoms with van der Waals surface area (Å²) in [5, 5.41) is 5.70. The van der Waals surface area contributed by atoms with Crippen molar-refractivity contribution in [1.29, 1.82) is 0 Å². The van der Waals surface area contributed by atoms with Crippen LogP contribution in [0.1, 0.15) is 23.7 Å². The summed E-state index contributed by atoms with van der Waals surface area (Å²) in [6.07, 6.45) is 0.887. The van der Waals surface area contributed by atoms with Gasteiger partial charge in [-0.05, 0) is 46.1 Å². The summed E-state index contributed by atoms with van der Waals surface area (Å²) < 4.78 is 3.37. The minimum absolute atomic E-state index is 0.292. The molecule has 2 aromatic heterocycles. The molecule has 21 heavy (non-hydrogen) atoms. The number of aromatic nitrogens is 2. The molecule has 0 saturated heterocycles. The Kier molecular flexibility index (Phi) is 4.42. The monoisotopic (exact) mass is 363 g/mol. The van der Waals surface area contributed by atoms with Gasteiger partial charge in [0.05, 0.1) is 11.0 Å². The van der Waals surface area contributed by atoms with Crippen LogP contribution in [0.2, 0.25) is 0 Å². The number of halogens is 1. The van der Waals surface area contributed by atoms with Gasteiger partial charge in [0.1, 0.15) is 5.82 Å². The quantitative estimate of drug-likeness (QED) is 0.732. The molecule has 1 atom stereocenters. The Labute approximate surface area is 137 Å². The van der Waals surface area contributed by atoms with E-state index in [0.29, 0.717) is 6.04 Å². The highest BCUT2D eigenvalue weighted by Gasteiger charge is 2.18. The van der Waals surface area contributed by atoms with E-state index in [1.165, 1.54) is 14.9 Å². The summed E-state index contributed by atoms with van der Waals surface area (Å²) in [6, 6.07) is 10.7. The van der Waals surface area contributed by atoms with Gasteiger partial charge in [0, 0.05) is 28.9 Å². The molecule has 0 spiro atoms. The average molecular weight is 364 g/mol. The molecule has 3 rings (SSSR count). The molecule has 0 bridgehead atoms. The normalized spacial score (nSPS) is 12.9. The number of hydrogen-bond acceptors (Lipinski definition) is 3. The number of thiophene rings is 1. The molecule has 3 aromatic rings. The van der Waals surface area contributed by atoms with Gasteiger partial charge in [-0.3, -0.25) is 0 Å². The van der Waals surface area contributed by atoms with Gasteiger partial charge in [-0.2, -0.15) is 0 Å². The third kappa shape index (κ3) is 2.91. The lowest BCUT2D eigenvalue weighted by atomic mass is 10.1. The van der Waals surface area contributed by atoms with Crippen molar-refractivity contribution in [1.82, 2.24) is 14.9 Å². The van der Waals surface area contributed by atoms with E-state index in [2.05, 4.69) is 69.4 Å². The molecule has 0 aliphatic heterocycles. The maximum atomic E-state index is 4.79. The number of hydrogen-bond donors (Lipinski definition) is 1. The Hall–Kier alpha value is -1.17. The third-order valence-electron chi connectivity index (χ3n) is 3.68. The first-order valence-corrected chi connectivity index (χ1v) is 8.74. The van der Waals surface area contributed by atoms with E-state index in [4.69, 9.17) is 4.98 Å². The van der Waals surface area contributed by atoms with Crippen molar-refractivity contribution in [3.63, 3.8) is 0 Å². The molecule has 1 unspecified atom stereocenters. The van der Waals surface area contributed by atoms with Crippen molar-refractivity contribution >= 4 is 38.3 Å². The molecule has 110 valence electrons. The fourth-order valence-corrected chi connectivity index (χ4v) is 4.34. The van der Waals surface area contributed by atoms with Gasteiger partial charge >= 0.3 is 0 Å². The van der Waals surface area contributed by atoms with E-state index in [9.17, 15) is 0 Å². The maximum Gasteiger partial charge on any atom is 0.111 e. The smallest absolute Gasteiger partial charge is 0.111 e. The van der Waals surface area contributed by atoms with Crippen molar-refractivity contribution in [3.8, 4) is 0 Å². The second-order valence-electron chi connectivity index (χ2n) is 5.02. The number of benzene rings is 1. The molecule has 2 heterocycles. The van der Waals surface area contributed by atoms with Gasteiger partial charge in [0.2, 0.25) is 0 Å². The lowest BCUT2D eigenvalue weighted by Gasteiger charge is -2.17. The van der Waals surface area contributed by atoms with E-state index in [1.807, 2.05) is 6.07 Å². The first kappa shape index (κ1) is 14.8. The third-order valence-corrected chi connectivity index (χ3v) is 5.66. The molecule has 0 saturated carbocycles. The van der Waals surface area contributed by atoms with Crippen molar-refractivity contribution < 1.29 is 0 Å². The van der Waals surface area contributed by atoms with E-state index < -0.39 is 0 Å². The zero-order chi connectivity index (χ0) is 14.8. The summed E-state index contributed by atoms with van der Waals surface area (Å²) in [7, 11) is 2.09. The Morgan fingerprint density at radius 2 is 2.14 bits per heavy atom. The van der Waals surface area contributed by atoms with Crippen LogP contribution in [0.3, 0.4) is 0 Å². The van der Waals surface area contributed by atoms with Gasteiger partial charge in [-0.25, -0.2) is 4.98 Å². The van der Waals surface area contributed by atoms with E-state index in [1.54, 1.807) is 11.3 Å². The van der Waals surface area contributed by atoms with E-state index in [-0.39, 0.29) is 0 Å². The zero-order valence-electron chi connectivity index (χ0n) is 12.1. The van der Waals surface area contributed by atoms with Crippen LogP contribution in [-0.4, -0.2) is 16.1 Å². The van der Waals surface area contributed by atoms with Crippen LogP contribution < -0.4 is 5.32 Å². The van der Waals surface area contributed by atoms with Crippen LogP contribution >= 0.6 is 27.3 Å². The van der Waals surface area contributed by atoms with E-state index >= 15 is 0 Å². The molecule has 0 aliphatic rings. The molecule has 0 aliphatic carbocycles. The molecule has 0 radical (unpaired) electrons. The number of imidazole rings is 1. The number of fused-ring (bicyclic) bond motifs is 1. The fraction of sp³-hybridized carbons (Fsp3) is 0.312. The van der Waals surface area contributed by atoms with Crippen LogP contribution in [0, 0.1) is 0 Å². The molecular formula is C16H18BrN3S. The predicted molar refractivity (Wildman–Crippen MR) is 92.9 cm³/mol. The van der Waals surface area contributed by atoms with Crippen LogP contribution in [0.4, 0.5) is 0 Å². The number of nitrogens with one attached hydrogen (secondary N) is 1. The van der Waals surface area contributed by atoms with Crippen LogP contribution in [0.5, 0.6) is 0 Å². The largest absolute Gasteiger partial charge is 0.331 e. The highest BCUT2D eigenvalue weighted by Crippen LogP contribution is 2.31. The Bertz CT molecular complexity index is 747. The summed E-state index contributed by atoms with van der Waals surface area (Å²) in [5.41, 5.74) is 2.25. The Morgan fingerprint density at radius 3 is 2.81 bits per heavy atom. The average Bonchev–Trinajstić information content (AvgIpc) is 3.04. The lowest BCUT2D eigenvalue weighted by Crippen LogP contribution is -2.23. The molecule has 1 aromatic carbocycles. The van der Waals surface area contributed by atoms with Crippen LogP contribution in [-0.2, 0) is 13.5 Å². The zero-order valence-corrected chi connectivity index (χ0v) is 14.5. The minimum Gasteiger partial charge on any atom is -0.331 e. The van der Waals surface area contributed by atoms with Gasteiger partial charge in [0.15, 0.2) is 0 Å². The molecule has 5 heteroatoms. The van der Waals surface area contributed by atoms with Gasteiger partial charge in [0.25, 0.3) is 0 Å². The lowest BCUT2D eigenvalue weighted by molar-refractivity contribution is 0.536. The summed E-state index contributed by atoms with van der Waals surface area (Å²) >= 11 is 5.43. The first-order valence-electron chi connectivity index (χ1n) is 7.07. The molecule has 0 fully saturated rings. The van der Waals surface area contributed by atoms with E-state index in [0.717, 1.165) is 24.3 Å². The molecule has 0 amide bonds. The van der Waals surface area contributed by atoms with Crippen molar-refractivity contribution in [3.05, 3.63) is 50.9 Å². The van der Waals surface area contributed by atoms with Crippen LogP contribution in [0.15, 0.2) is 40.2 Å². The second kappa shape index (κ2) is 6.30. The van der Waals surface area contributed by atoms with Crippen LogP contribution in [0.25, 0.3) is 11.0 Å². The topological polar surface area (TPSA) is 29.9 Å². The fourth-order valence-electron chi connectivity index (χ4n) is 2.62. The minimum atomic E-state index is 0.292. The highest BCUT2D eigenvalue weighted by atomic mass is 79.9. The second-order valence-corrected chi connectivity index (χ2v) is 6.82. The van der Waals surface area contributed by atoms with Gasteiger partial charge in [-0.1, -0.05) is 19.1 Å². The Balaban J connectivity index is 1.94. The first-order chi connectivity index (χ1) is 10.2. The molecule has 1 N–H and O–H groups in total. The molecular weight excluding hydrogens is 346 g/mol. The number of rotatable bonds is 5. The van der Waals surface area contributed by atoms with Crippen molar-refractivity contribution in [2.24, 2.45) is 7.05 Å². The number of nitrogens with zero attached hydrogens (tertiary/aromatic N) is 2.